The zero-order chi connectivity index (χ0) is 26.9. The highest BCUT2D eigenvalue weighted by atomic mass is 35.5. The molecule has 0 bridgehead atoms. The molecule has 2 atom stereocenters. The van der Waals surface area contributed by atoms with Crippen LogP contribution in [0.15, 0.2) is 54.6 Å². The maximum Gasteiger partial charge on any atom is 0.257 e. The number of aliphatic hydroxyl groups is 1. The number of benzene rings is 3. The van der Waals surface area contributed by atoms with Gasteiger partial charge in [-0.1, -0.05) is 34.8 Å². The quantitative estimate of drug-likeness (QED) is 0.207. The molecule has 0 aromatic heterocycles. The van der Waals surface area contributed by atoms with E-state index in [1.54, 1.807) is 36.4 Å². The van der Waals surface area contributed by atoms with Crippen LogP contribution < -0.4 is 16.0 Å². The lowest BCUT2D eigenvalue weighted by atomic mass is 10.1. The van der Waals surface area contributed by atoms with Gasteiger partial charge in [-0.3, -0.25) is 9.59 Å². The first kappa shape index (κ1) is 27.8. The molecule has 2 unspecified atom stereocenters. The molecule has 2 amide bonds. The van der Waals surface area contributed by atoms with E-state index in [1.807, 2.05) is 13.0 Å². The molecule has 1 saturated carbocycles. The number of halogens is 5. The number of aliphatic hydroxyl groups excluding tert-OH is 1. The van der Waals surface area contributed by atoms with Crippen LogP contribution in [-0.4, -0.2) is 34.4 Å². The molecule has 0 spiro atoms. The molecule has 1 aliphatic carbocycles. The van der Waals surface area contributed by atoms with Gasteiger partial charge < -0.3 is 21.1 Å². The van der Waals surface area contributed by atoms with Gasteiger partial charge in [-0.15, -0.1) is 23.2 Å². The number of aryl methyl sites for hydroxylation is 1. The summed E-state index contributed by atoms with van der Waals surface area (Å²) in [5.74, 6) is -2.11. The van der Waals surface area contributed by atoms with Gasteiger partial charge in [0.25, 0.3) is 5.91 Å². The summed E-state index contributed by atoms with van der Waals surface area (Å²) in [6, 6.07) is 14.9. The van der Waals surface area contributed by atoms with E-state index in [0.717, 1.165) is 11.3 Å². The van der Waals surface area contributed by atoms with Crippen LogP contribution in [0.4, 0.5) is 17.1 Å². The van der Waals surface area contributed by atoms with Crippen molar-refractivity contribution in [2.45, 2.75) is 17.2 Å². The van der Waals surface area contributed by atoms with E-state index in [2.05, 4.69) is 16.0 Å². The third-order valence-electron chi connectivity index (χ3n) is 5.97. The first-order valence-corrected chi connectivity index (χ1v) is 13.1. The van der Waals surface area contributed by atoms with Crippen molar-refractivity contribution >= 4 is 86.9 Å². The van der Waals surface area contributed by atoms with E-state index >= 15 is 0 Å². The van der Waals surface area contributed by atoms with Crippen molar-refractivity contribution in [3.63, 3.8) is 0 Å². The minimum Gasteiger partial charge on any atom is -0.395 e. The summed E-state index contributed by atoms with van der Waals surface area (Å²) < 4.78 is -1.33. The smallest absolute Gasteiger partial charge is 0.257 e. The van der Waals surface area contributed by atoms with E-state index in [-0.39, 0.29) is 17.2 Å². The minimum atomic E-state index is -1.33. The fraction of sp³-hybridized carbons (Fsp3) is 0.231. The van der Waals surface area contributed by atoms with Crippen molar-refractivity contribution in [3.05, 3.63) is 86.4 Å². The van der Waals surface area contributed by atoms with E-state index in [1.165, 1.54) is 12.1 Å². The maximum atomic E-state index is 13.1. The zero-order valence-electron chi connectivity index (χ0n) is 19.4. The lowest BCUT2D eigenvalue weighted by Crippen LogP contribution is -2.18. The van der Waals surface area contributed by atoms with E-state index in [4.69, 9.17) is 63.1 Å². The van der Waals surface area contributed by atoms with Crippen LogP contribution in [0.1, 0.15) is 27.4 Å². The highest BCUT2D eigenvalue weighted by Gasteiger charge is 2.67. The average Bonchev–Trinajstić information content (AvgIpc) is 3.41. The first-order chi connectivity index (χ1) is 17.5. The molecule has 0 aliphatic heterocycles. The van der Waals surface area contributed by atoms with Crippen molar-refractivity contribution in [2.75, 3.05) is 29.1 Å². The van der Waals surface area contributed by atoms with Gasteiger partial charge in [-0.05, 0) is 72.6 Å². The van der Waals surface area contributed by atoms with Crippen molar-refractivity contribution in [1.29, 1.82) is 0 Å². The molecule has 0 saturated heterocycles. The number of anilines is 3. The summed E-state index contributed by atoms with van der Waals surface area (Å²) in [7, 11) is 0. The SMILES string of the molecule is Cc1cc(NCCO)ccc1NC(=O)c1cc(NC(=O)C2C(c3cc(Cl)cc(Cl)c3)C2(Cl)Cl)ccc1Cl. The Morgan fingerprint density at radius 3 is 2.24 bits per heavy atom. The van der Waals surface area contributed by atoms with Gasteiger partial charge in [-0.2, -0.15) is 0 Å². The lowest BCUT2D eigenvalue weighted by Gasteiger charge is -2.13. The van der Waals surface area contributed by atoms with Gasteiger partial charge >= 0.3 is 0 Å². The number of carbonyl (C=O) groups excluding carboxylic acids is 2. The summed E-state index contributed by atoms with van der Waals surface area (Å²) in [5, 5.41) is 18.7. The Morgan fingerprint density at radius 1 is 0.919 bits per heavy atom. The molecule has 3 aromatic carbocycles. The number of hydrogen-bond donors (Lipinski definition) is 4. The largest absolute Gasteiger partial charge is 0.395 e. The summed E-state index contributed by atoms with van der Waals surface area (Å²) in [5.41, 5.74) is 3.43. The second-order valence-corrected chi connectivity index (χ2v) is 11.4. The molecule has 3 aromatic rings. The van der Waals surface area contributed by atoms with Crippen molar-refractivity contribution in [3.8, 4) is 0 Å². The number of amides is 2. The zero-order valence-corrected chi connectivity index (χ0v) is 23.2. The van der Waals surface area contributed by atoms with Crippen LogP contribution in [0.2, 0.25) is 15.1 Å². The topological polar surface area (TPSA) is 90.5 Å². The summed E-state index contributed by atoms with van der Waals surface area (Å²) in [4.78, 5) is 26.1. The van der Waals surface area contributed by atoms with Crippen molar-refractivity contribution in [2.24, 2.45) is 5.92 Å². The van der Waals surface area contributed by atoms with Crippen LogP contribution in [0.25, 0.3) is 0 Å². The second kappa shape index (κ2) is 11.3. The molecule has 0 heterocycles. The summed E-state index contributed by atoms with van der Waals surface area (Å²) in [6.07, 6.45) is 0. The van der Waals surface area contributed by atoms with Gasteiger partial charge in [0.15, 0.2) is 0 Å². The predicted molar refractivity (Wildman–Crippen MR) is 152 cm³/mol. The standard InChI is InChI=1S/C26H22Cl5N3O3/c1-13-8-17(32-6-7-35)3-5-21(13)34-24(36)19-12-18(2-4-20(19)29)33-25(37)23-22(26(23,30)31)14-9-15(27)11-16(28)10-14/h2-5,8-12,22-23,32,35H,6-7H2,1H3,(H,33,37)(H,34,36). The highest BCUT2D eigenvalue weighted by Crippen LogP contribution is 2.65. The maximum absolute atomic E-state index is 13.1. The average molecular weight is 602 g/mol. The van der Waals surface area contributed by atoms with E-state index in [0.29, 0.717) is 33.5 Å². The third kappa shape index (κ3) is 6.28. The molecular weight excluding hydrogens is 580 g/mol. The number of nitrogens with one attached hydrogen (secondary N) is 3. The van der Waals surface area contributed by atoms with E-state index < -0.39 is 28.0 Å². The van der Waals surface area contributed by atoms with Crippen LogP contribution in [0.3, 0.4) is 0 Å². The first-order valence-electron chi connectivity index (χ1n) is 11.2. The summed E-state index contributed by atoms with van der Waals surface area (Å²) in [6.45, 7) is 2.28. The molecule has 37 heavy (non-hydrogen) atoms. The lowest BCUT2D eigenvalue weighted by molar-refractivity contribution is -0.117. The van der Waals surface area contributed by atoms with Gasteiger partial charge in [-0.25, -0.2) is 0 Å². The van der Waals surface area contributed by atoms with Crippen LogP contribution >= 0.6 is 58.0 Å². The van der Waals surface area contributed by atoms with Crippen LogP contribution in [0, 0.1) is 12.8 Å². The van der Waals surface area contributed by atoms with Crippen LogP contribution in [-0.2, 0) is 4.79 Å². The van der Waals surface area contributed by atoms with Gasteiger partial charge in [0.05, 0.1) is 23.1 Å². The summed E-state index contributed by atoms with van der Waals surface area (Å²) >= 11 is 31.4. The monoisotopic (exact) mass is 599 g/mol. The van der Waals surface area contributed by atoms with E-state index in [9.17, 15) is 9.59 Å². The van der Waals surface area contributed by atoms with Gasteiger partial charge in [0.1, 0.15) is 4.33 Å². The Labute approximate surface area is 239 Å². The molecule has 11 heteroatoms. The predicted octanol–water partition coefficient (Wildman–Crippen LogP) is 7.14. The molecule has 4 N–H and O–H groups in total. The Balaban J connectivity index is 1.48. The second-order valence-electron chi connectivity index (χ2n) is 8.65. The minimum absolute atomic E-state index is 0.00996. The molecule has 4 rings (SSSR count). The van der Waals surface area contributed by atoms with Gasteiger partial charge in [0.2, 0.25) is 5.91 Å². The molecule has 1 fully saturated rings. The van der Waals surface area contributed by atoms with Gasteiger partial charge in [0, 0.05) is 39.6 Å². The molecule has 194 valence electrons. The fourth-order valence-corrected chi connectivity index (χ4v) is 5.70. The Hall–Kier alpha value is -2.19. The number of hydrogen-bond acceptors (Lipinski definition) is 4. The fourth-order valence-electron chi connectivity index (χ4n) is 4.12. The third-order valence-corrected chi connectivity index (χ3v) is 7.68. The Kier molecular flexibility index (Phi) is 8.48. The van der Waals surface area contributed by atoms with Crippen LogP contribution in [0.5, 0.6) is 0 Å². The van der Waals surface area contributed by atoms with Crippen molar-refractivity contribution < 1.29 is 14.7 Å². The Morgan fingerprint density at radius 2 is 1.59 bits per heavy atom. The number of rotatable bonds is 8. The van der Waals surface area contributed by atoms with Crippen molar-refractivity contribution in [1.82, 2.24) is 0 Å². The molecular formula is C26H22Cl5N3O3. The Bertz CT molecular complexity index is 1350. The number of carbonyl (C=O) groups is 2. The molecule has 1 aliphatic rings. The molecule has 0 radical (unpaired) electrons. The molecule has 6 nitrogen and oxygen atoms in total. The number of alkyl halides is 2. The normalized spacial score (nSPS) is 17.7. The highest BCUT2D eigenvalue weighted by molar-refractivity contribution is 6.53.